The summed E-state index contributed by atoms with van der Waals surface area (Å²) in [5.74, 6) is 6.27. The van der Waals surface area contributed by atoms with Gasteiger partial charge in [-0.2, -0.15) is 0 Å². The first-order valence-electron chi connectivity index (χ1n) is 5.73. The predicted molar refractivity (Wildman–Crippen MR) is 72.4 cm³/mol. The number of rotatable bonds is 5. The number of hydrogen-bond donors (Lipinski definition) is 1. The molecule has 0 heterocycles. The van der Waals surface area contributed by atoms with Crippen LogP contribution in [-0.2, 0) is 6.42 Å². The summed E-state index contributed by atoms with van der Waals surface area (Å²) >= 11 is 6.12. The Morgan fingerprint density at radius 3 is 2.82 bits per heavy atom. The first-order valence-corrected chi connectivity index (χ1v) is 6.11. The molecule has 2 N–H and O–H groups in total. The first-order chi connectivity index (χ1) is 8.17. The number of hydrogen-bond acceptors (Lipinski definition) is 2. The molecule has 3 heteroatoms. The van der Waals surface area contributed by atoms with Crippen LogP contribution in [0.1, 0.15) is 25.8 Å². The van der Waals surface area contributed by atoms with Crippen molar-refractivity contribution < 1.29 is 4.74 Å². The maximum absolute atomic E-state index is 6.12. The molecule has 0 aliphatic carbocycles. The van der Waals surface area contributed by atoms with Crippen LogP contribution in [0.5, 0.6) is 5.75 Å². The van der Waals surface area contributed by atoms with E-state index in [-0.39, 0.29) is 6.04 Å². The van der Waals surface area contributed by atoms with E-state index in [2.05, 4.69) is 18.8 Å². The zero-order valence-electron chi connectivity index (χ0n) is 10.3. The molecule has 0 aliphatic rings. The Bertz CT molecular complexity index is 420. The van der Waals surface area contributed by atoms with Gasteiger partial charge in [-0.15, -0.1) is 5.92 Å². The van der Waals surface area contributed by atoms with Gasteiger partial charge in [0.25, 0.3) is 0 Å². The number of ether oxygens (including phenoxy) is 1. The lowest BCUT2D eigenvalue weighted by Gasteiger charge is -2.10. The fourth-order valence-corrected chi connectivity index (χ4v) is 1.68. The minimum Gasteiger partial charge on any atom is -0.479 e. The van der Waals surface area contributed by atoms with Crippen LogP contribution in [0.3, 0.4) is 0 Å². The highest BCUT2D eigenvalue weighted by molar-refractivity contribution is 6.32. The van der Waals surface area contributed by atoms with Gasteiger partial charge in [0.2, 0.25) is 0 Å². The van der Waals surface area contributed by atoms with E-state index in [4.69, 9.17) is 22.1 Å². The SMILES string of the molecule is CC#CCOc1ccc(CC(N)CC)cc1Cl. The highest BCUT2D eigenvalue weighted by atomic mass is 35.5. The molecule has 0 amide bonds. The highest BCUT2D eigenvalue weighted by Gasteiger charge is 2.05. The molecule has 0 radical (unpaired) electrons. The summed E-state index contributed by atoms with van der Waals surface area (Å²) in [7, 11) is 0. The lowest BCUT2D eigenvalue weighted by molar-refractivity contribution is 0.370. The minimum absolute atomic E-state index is 0.184. The van der Waals surface area contributed by atoms with Gasteiger partial charge in [-0.1, -0.05) is 30.5 Å². The smallest absolute Gasteiger partial charge is 0.149 e. The summed E-state index contributed by atoms with van der Waals surface area (Å²) in [5, 5.41) is 0.615. The van der Waals surface area contributed by atoms with Crippen molar-refractivity contribution in [2.45, 2.75) is 32.7 Å². The second kappa shape index (κ2) is 7.21. The molecular formula is C14H18ClNO. The molecule has 17 heavy (non-hydrogen) atoms. The maximum atomic E-state index is 6.12. The molecule has 1 atom stereocenters. The van der Waals surface area contributed by atoms with E-state index in [1.165, 1.54) is 0 Å². The molecule has 1 aromatic rings. The van der Waals surface area contributed by atoms with E-state index < -0.39 is 0 Å². The third-order valence-electron chi connectivity index (χ3n) is 2.50. The standard InChI is InChI=1S/C14H18ClNO/c1-3-5-8-17-14-7-6-11(10-13(14)15)9-12(16)4-2/h6-7,10,12H,4,8-9,16H2,1-2H3. The van der Waals surface area contributed by atoms with Crippen LogP contribution in [0.2, 0.25) is 5.02 Å². The van der Waals surface area contributed by atoms with Gasteiger partial charge in [-0.05, 0) is 37.5 Å². The van der Waals surface area contributed by atoms with Crippen molar-refractivity contribution in [1.82, 2.24) is 0 Å². The molecule has 0 spiro atoms. The van der Waals surface area contributed by atoms with Gasteiger partial charge in [0, 0.05) is 6.04 Å². The largest absolute Gasteiger partial charge is 0.479 e. The fraction of sp³-hybridized carbons (Fsp3) is 0.429. The third kappa shape index (κ3) is 4.68. The summed E-state index contributed by atoms with van der Waals surface area (Å²) in [6, 6.07) is 5.96. The van der Waals surface area contributed by atoms with Gasteiger partial charge < -0.3 is 10.5 Å². The summed E-state index contributed by atoms with van der Waals surface area (Å²) in [6.07, 6.45) is 1.80. The Morgan fingerprint density at radius 2 is 2.24 bits per heavy atom. The fourth-order valence-electron chi connectivity index (χ4n) is 1.42. The van der Waals surface area contributed by atoms with Crippen LogP contribution < -0.4 is 10.5 Å². The Hall–Kier alpha value is -1.17. The van der Waals surface area contributed by atoms with E-state index in [9.17, 15) is 0 Å². The molecule has 92 valence electrons. The lowest BCUT2D eigenvalue weighted by Crippen LogP contribution is -2.21. The van der Waals surface area contributed by atoms with Crippen LogP contribution in [0.4, 0.5) is 0 Å². The molecular weight excluding hydrogens is 234 g/mol. The van der Waals surface area contributed by atoms with Gasteiger partial charge >= 0.3 is 0 Å². The van der Waals surface area contributed by atoms with Gasteiger partial charge in [0.15, 0.2) is 0 Å². The van der Waals surface area contributed by atoms with Crippen molar-refractivity contribution in [3.05, 3.63) is 28.8 Å². The van der Waals surface area contributed by atoms with Crippen LogP contribution in [-0.4, -0.2) is 12.6 Å². The Labute approximate surface area is 108 Å². The molecule has 1 aromatic carbocycles. The molecule has 1 rings (SSSR count). The summed E-state index contributed by atoms with van der Waals surface area (Å²) in [4.78, 5) is 0. The normalized spacial score (nSPS) is 11.5. The van der Waals surface area contributed by atoms with Gasteiger partial charge in [-0.25, -0.2) is 0 Å². The Morgan fingerprint density at radius 1 is 1.47 bits per heavy atom. The third-order valence-corrected chi connectivity index (χ3v) is 2.79. The molecule has 2 nitrogen and oxygen atoms in total. The Balaban J connectivity index is 2.67. The molecule has 0 bridgehead atoms. The molecule has 1 unspecified atom stereocenters. The first kappa shape index (κ1) is 13.9. The van der Waals surface area contributed by atoms with E-state index in [0.717, 1.165) is 18.4 Å². The van der Waals surface area contributed by atoms with Crippen molar-refractivity contribution in [2.24, 2.45) is 5.73 Å². The van der Waals surface area contributed by atoms with Crippen molar-refractivity contribution >= 4 is 11.6 Å². The number of benzene rings is 1. The average molecular weight is 252 g/mol. The van der Waals surface area contributed by atoms with E-state index in [0.29, 0.717) is 17.4 Å². The van der Waals surface area contributed by atoms with Gasteiger partial charge in [-0.3, -0.25) is 0 Å². The quantitative estimate of drug-likeness (QED) is 0.817. The zero-order valence-corrected chi connectivity index (χ0v) is 11.1. The molecule has 0 aromatic heterocycles. The van der Waals surface area contributed by atoms with E-state index in [1.807, 2.05) is 18.2 Å². The average Bonchev–Trinajstić information content (AvgIpc) is 2.32. The van der Waals surface area contributed by atoms with Crippen molar-refractivity contribution in [2.75, 3.05) is 6.61 Å². The monoisotopic (exact) mass is 251 g/mol. The van der Waals surface area contributed by atoms with Crippen LogP contribution >= 0.6 is 11.6 Å². The molecule has 0 saturated heterocycles. The van der Waals surface area contributed by atoms with Crippen molar-refractivity contribution in [1.29, 1.82) is 0 Å². The summed E-state index contributed by atoms with van der Waals surface area (Å²) in [6.45, 7) is 4.22. The van der Waals surface area contributed by atoms with Gasteiger partial charge in [0.1, 0.15) is 12.4 Å². The topological polar surface area (TPSA) is 35.2 Å². The molecule has 0 fully saturated rings. The number of halogens is 1. The Kier molecular flexibility index (Phi) is 5.90. The van der Waals surface area contributed by atoms with E-state index in [1.54, 1.807) is 6.92 Å². The van der Waals surface area contributed by atoms with Crippen LogP contribution in [0.25, 0.3) is 0 Å². The predicted octanol–water partition coefficient (Wildman–Crippen LogP) is 3.02. The maximum Gasteiger partial charge on any atom is 0.149 e. The van der Waals surface area contributed by atoms with E-state index >= 15 is 0 Å². The van der Waals surface area contributed by atoms with Crippen molar-refractivity contribution in [3.63, 3.8) is 0 Å². The van der Waals surface area contributed by atoms with Gasteiger partial charge in [0.05, 0.1) is 5.02 Å². The minimum atomic E-state index is 0.184. The zero-order chi connectivity index (χ0) is 12.7. The van der Waals surface area contributed by atoms with Crippen LogP contribution in [0.15, 0.2) is 18.2 Å². The molecule has 0 saturated carbocycles. The van der Waals surface area contributed by atoms with Crippen LogP contribution in [0, 0.1) is 11.8 Å². The highest BCUT2D eigenvalue weighted by Crippen LogP contribution is 2.25. The molecule has 0 aliphatic heterocycles. The second-order valence-electron chi connectivity index (χ2n) is 3.85. The van der Waals surface area contributed by atoms with Crippen molar-refractivity contribution in [3.8, 4) is 17.6 Å². The summed E-state index contributed by atoms with van der Waals surface area (Å²) < 4.78 is 5.43. The number of nitrogens with two attached hydrogens (primary N) is 1. The second-order valence-corrected chi connectivity index (χ2v) is 4.26. The lowest BCUT2D eigenvalue weighted by atomic mass is 10.0. The summed E-state index contributed by atoms with van der Waals surface area (Å²) in [5.41, 5.74) is 7.04.